The predicted molar refractivity (Wildman–Crippen MR) is 126 cm³/mol. The van der Waals surface area contributed by atoms with Gasteiger partial charge in [0.2, 0.25) is 5.91 Å². The number of methoxy groups -OCH3 is 1. The molecule has 1 atom stereocenters. The molecule has 0 aromatic heterocycles. The summed E-state index contributed by atoms with van der Waals surface area (Å²) >= 11 is 0. The number of nitrogens with zero attached hydrogens (tertiary/aromatic N) is 2. The van der Waals surface area contributed by atoms with Crippen LogP contribution in [0.25, 0.3) is 0 Å². The van der Waals surface area contributed by atoms with Crippen molar-refractivity contribution in [3.05, 3.63) is 24.3 Å². The third-order valence-electron chi connectivity index (χ3n) is 4.65. The highest BCUT2D eigenvalue weighted by molar-refractivity contribution is 14.0. The van der Waals surface area contributed by atoms with E-state index in [1.165, 1.54) is 5.69 Å². The first-order chi connectivity index (χ1) is 13.0. The smallest absolute Gasteiger partial charge is 0.222 e. The fourth-order valence-electron chi connectivity index (χ4n) is 3.10. The van der Waals surface area contributed by atoms with Gasteiger partial charge in [0.25, 0.3) is 0 Å². The van der Waals surface area contributed by atoms with E-state index < -0.39 is 0 Å². The summed E-state index contributed by atoms with van der Waals surface area (Å²) in [7, 11) is 3.46. The third-order valence-corrected chi connectivity index (χ3v) is 4.65. The van der Waals surface area contributed by atoms with Gasteiger partial charge in [-0.2, -0.15) is 0 Å². The van der Waals surface area contributed by atoms with Crippen molar-refractivity contribution in [2.45, 2.75) is 32.7 Å². The minimum atomic E-state index is 0. The number of anilines is 1. The predicted octanol–water partition coefficient (Wildman–Crippen LogP) is 2.22. The molecule has 1 heterocycles. The number of halogens is 1. The van der Waals surface area contributed by atoms with Crippen LogP contribution in [-0.2, 0) is 4.79 Å². The second kappa shape index (κ2) is 12.7. The average Bonchev–Trinajstić information content (AvgIpc) is 2.70. The molecule has 1 amide bonds. The highest BCUT2D eigenvalue weighted by Gasteiger charge is 2.21. The van der Waals surface area contributed by atoms with Crippen molar-refractivity contribution in [2.24, 2.45) is 10.9 Å². The quantitative estimate of drug-likeness (QED) is 0.230. The summed E-state index contributed by atoms with van der Waals surface area (Å²) in [5.41, 5.74) is 1.18. The molecule has 0 saturated carbocycles. The average molecular weight is 503 g/mol. The Balaban J connectivity index is 0.00000392. The molecule has 0 aliphatic carbocycles. The number of rotatable bonds is 7. The van der Waals surface area contributed by atoms with Gasteiger partial charge in [-0.05, 0) is 25.0 Å². The molecule has 1 aliphatic heterocycles. The van der Waals surface area contributed by atoms with Crippen LogP contribution in [0.3, 0.4) is 0 Å². The maximum atomic E-state index is 11.6. The Bertz CT molecular complexity index is 639. The summed E-state index contributed by atoms with van der Waals surface area (Å²) in [5.74, 6) is 1.73. The number of hydrogen-bond acceptors (Lipinski definition) is 4. The summed E-state index contributed by atoms with van der Waals surface area (Å²) < 4.78 is 5.34. The number of nitrogens with one attached hydrogen (secondary N) is 3. The Hall–Kier alpha value is -1.71. The number of amides is 1. The zero-order chi connectivity index (χ0) is 19.6. The highest BCUT2D eigenvalue weighted by atomic mass is 127. The van der Waals surface area contributed by atoms with Crippen LogP contribution >= 0.6 is 24.0 Å². The number of piperidine rings is 1. The van der Waals surface area contributed by atoms with E-state index in [1.54, 1.807) is 14.2 Å². The molecule has 1 unspecified atom stereocenters. The van der Waals surface area contributed by atoms with Gasteiger partial charge in [-0.15, -0.1) is 24.0 Å². The molecule has 0 radical (unpaired) electrons. The highest BCUT2D eigenvalue weighted by Crippen LogP contribution is 2.24. The van der Waals surface area contributed by atoms with Gasteiger partial charge in [-0.1, -0.05) is 19.9 Å². The van der Waals surface area contributed by atoms with E-state index in [1.807, 2.05) is 26.0 Å². The molecule has 1 aromatic carbocycles. The van der Waals surface area contributed by atoms with Crippen molar-refractivity contribution in [3.63, 3.8) is 0 Å². The molecule has 1 fully saturated rings. The molecule has 1 aromatic rings. The van der Waals surface area contributed by atoms with Crippen molar-refractivity contribution >= 4 is 41.5 Å². The van der Waals surface area contributed by atoms with Crippen LogP contribution in [0.2, 0.25) is 0 Å². The molecular weight excluding hydrogens is 469 g/mol. The number of ether oxygens (including phenoxy) is 1. The van der Waals surface area contributed by atoms with E-state index in [0.29, 0.717) is 19.1 Å². The van der Waals surface area contributed by atoms with Gasteiger partial charge in [-0.25, -0.2) is 0 Å². The van der Waals surface area contributed by atoms with E-state index in [9.17, 15) is 4.79 Å². The van der Waals surface area contributed by atoms with E-state index in [-0.39, 0.29) is 35.8 Å². The molecule has 1 aliphatic rings. The van der Waals surface area contributed by atoms with Crippen LogP contribution in [0, 0.1) is 5.92 Å². The van der Waals surface area contributed by atoms with E-state index >= 15 is 0 Å². The standard InChI is InChI=1S/C20H33N5O2.HI/c1-15(2)19(26)22-10-11-23-20(21-3)24-16-7-6-12-25(14-16)17-8-5-9-18(13-17)27-4;/h5,8-9,13,15-16H,6-7,10-12,14H2,1-4H3,(H,22,26)(H2,21,23,24);1H. The van der Waals surface area contributed by atoms with Gasteiger partial charge in [0, 0.05) is 56.9 Å². The van der Waals surface area contributed by atoms with Crippen LogP contribution in [-0.4, -0.2) is 58.2 Å². The summed E-state index contributed by atoms with van der Waals surface area (Å²) in [4.78, 5) is 18.3. The van der Waals surface area contributed by atoms with Gasteiger partial charge in [0.05, 0.1) is 7.11 Å². The Morgan fingerprint density at radius 1 is 1.32 bits per heavy atom. The molecule has 158 valence electrons. The summed E-state index contributed by atoms with van der Waals surface area (Å²) in [6, 6.07) is 8.51. The maximum Gasteiger partial charge on any atom is 0.222 e. The SMILES string of the molecule is CN=C(NCCNC(=O)C(C)C)NC1CCCN(c2cccc(OC)c2)C1.I. The third kappa shape index (κ3) is 7.73. The van der Waals surface area contributed by atoms with E-state index in [0.717, 1.165) is 37.6 Å². The van der Waals surface area contributed by atoms with Crippen molar-refractivity contribution in [3.8, 4) is 5.75 Å². The summed E-state index contributed by atoms with van der Waals surface area (Å²) in [6.07, 6.45) is 2.22. The number of benzene rings is 1. The Morgan fingerprint density at radius 3 is 2.75 bits per heavy atom. The molecule has 28 heavy (non-hydrogen) atoms. The fraction of sp³-hybridized carbons (Fsp3) is 0.600. The lowest BCUT2D eigenvalue weighted by Gasteiger charge is -2.35. The topological polar surface area (TPSA) is 78.0 Å². The first-order valence-electron chi connectivity index (χ1n) is 9.67. The minimum Gasteiger partial charge on any atom is -0.497 e. The van der Waals surface area contributed by atoms with E-state index in [4.69, 9.17) is 4.74 Å². The molecule has 7 nitrogen and oxygen atoms in total. The minimum absolute atomic E-state index is 0. The molecule has 0 spiro atoms. The molecule has 0 bridgehead atoms. The normalized spacial score (nSPS) is 17.0. The van der Waals surface area contributed by atoms with Crippen molar-refractivity contribution < 1.29 is 9.53 Å². The van der Waals surface area contributed by atoms with Gasteiger partial charge in [0.15, 0.2) is 5.96 Å². The lowest BCUT2D eigenvalue weighted by atomic mass is 10.0. The Kier molecular flexibility index (Phi) is 11.0. The van der Waals surface area contributed by atoms with Crippen molar-refractivity contribution in [1.82, 2.24) is 16.0 Å². The van der Waals surface area contributed by atoms with Gasteiger partial charge in [-0.3, -0.25) is 9.79 Å². The van der Waals surface area contributed by atoms with E-state index in [2.05, 4.69) is 38.0 Å². The zero-order valence-corrected chi connectivity index (χ0v) is 19.7. The van der Waals surface area contributed by atoms with Crippen LogP contribution in [0.15, 0.2) is 29.3 Å². The molecular formula is C20H34IN5O2. The molecule has 2 rings (SSSR count). The number of hydrogen-bond donors (Lipinski definition) is 3. The second-order valence-electron chi connectivity index (χ2n) is 7.08. The van der Waals surface area contributed by atoms with Gasteiger partial charge >= 0.3 is 0 Å². The largest absolute Gasteiger partial charge is 0.497 e. The Morgan fingerprint density at radius 2 is 2.07 bits per heavy atom. The zero-order valence-electron chi connectivity index (χ0n) is 17.3. The van der Waals surface area contributed by atoms with Crippen LogP contribution in [0.5, 0.6) is 5.75 Å². The first-order valence-corrected chi connectivity index (χ1v) is 9.67. The van der Waals surface area contributed by atoms with Gasteiger partial charge in [0.1, 0.15) is 5.75 Å². The lowest BCUT2D eigenvalue weighted by molar-refractivity contribution is -0.123. The lowest BCUT2D eigenvalue weighted by Crippen LogP contribution is -2.52. The summed E-state index contributed by atoms with van der Waals surface area (Å²) in [6.45, 7) is 6.96. The number of guanidine groups is 1. The molecule has 3 N–H and O–H groups in total. The van der Waals surface area contributed by atoms with Crippen molar-refractivity contribution in [1.29, 1.82) is 0 Å². The molecule has 1 saturated heterocycles. The number of carbonyl (C=O) groups excluding carboxylic acids is 1. The first kappa shape index (κ1) is 24.3. The van der Waals surface area contributed by atoms with Crippen molar-refractivity contribution in [2.75, 3.05) is 45.2 Å². The maximum absolute atomic E-state index is 11.6. The second-order valence-corrected chi connectivity index (χ2v) is 7.08. The van der Waals surface area contributed by atoms with Gasteiger partial charge < -0.3 is 25.6 Å². The Labute approximate surface area is 185 Å². The summed E-state index contributed by atoms with van der Waals surface area (Å²) in [5, 5.41) is 9.67. The van der Waals surface area contributed by atoms with Crippen LogP contribution in [0.1, 0.15) is 26.7 Å². The van der Waals surface area contributed by atoms with Crippen LogP contribution in [0.4, 0.5) is 5.69 Å². The number of carbonyl (C=O) groups is 1. The molecule has 8 heteroatoms. The van der Waals surface area contributed by atoms with Crippen LogP contribution < -0.4 is 25.6 Å². The fourth-order valence-corrected chi connectivity index (χ4v) is 3.10. The monoisotopic (exact) mass is 503 g/mol. The number of aliphatic imine (C=N–C) groups is 1.